The van der Waals surface area contributed by atoms with Crippen molar-refractivity contribution in [2.45, 2.75) is 24.5 Å². The molecule has 0 spiro atoms. The molecule has 0 saturated carbocycles. The van der Waals surface area contributed by atoms with Gasteiger partial charge in [0.25, 0.3) is 0 Å². The summed E-state index contributed by atoms with van der Waals surface area (Å²) in [5.74, 6) is 0. The second kappa shape index (κ2) is 5.10. The van der Waals surface area contributed by atoms with Crippen LogP contribution >= 0.6 is 23.2 Å². The van der Waals surface area contributed by atoms with Crippen molar-refractivity contribution in [3.8, 4) is 0 Å². The summed E-state index contributed by atoms with van der Waals surface area (Å²) < 4.78 is 6.90. The molecule has 4 atom stereocenters. The zero-order valence-corrected chi connectivity index (χ0v) is 11.5. The minimum atomic E-state index is -1.22. The average Bonchev–Trinajstić information content (AvgIpc) is 2.90. The summed E-state index contributed by atoms with van der Waals surface area (Å²) in [6.07, 6.45) is -1.44. The minimum absolute atomic E-state index is 0.186. The molecule has 2 aromatic rings. The van der Waals surface area contributed by atoms with Crippen LogP contribution in [0.2, 0.25) is 10.2 Å². The molecule has 108 valence electrons. The SMILES string of the molecule is OC[C@H]1O[C@@H](n2cc(Cl)c3c(Cl)ncnc32)[C@H](O)[C@@H]1O. The highest BCUT2D eigenvalue weighted by Gasteiger charge is 2.44. The fourth-order valence-electron chi connectivity index (χ4n) is 2.31. The third-order valence-electron chi connectivity index (χ3n) is 3.31. The fraction of sp³-hybridized carbons (Fsp3) is 0.455. The number of hydrogen-bond acceptors (Lipinski definition) is 6. The molecular weight excluding hydrogens is 309 g/mol. The Hall–Kier alpha value is -0.960. The van der Waals surface area contributed by atoms with E-state index in [1.54, 1.807) is 0 Å². The first-order valence-corrected chi connectivity index (χ1v) is 6.59. The number of aliphatic hydroxyl groups excluding tert-OH is 3. The van der Waals surface area contributed by atoms with E-state index in [4.69, 9.17) is 33.0 Å². The summed E-state index contributed by atoms with van der Waals surface area (Å²) in [5.41, 5.74) is 0.379. The number of aromatic nitrogens is 3. The molecule has 20 heavy (non-hydrogen) atoms. The molecule has 3 N–H and O–H groups in total. The number of rotatable bonds is 2. The van der Waals surface area contributed by atoms with Gasteiger partial charge in [-0.15, -0.1) is 0 Å². The Morgan fingerprint density at radius 2 is 2.00 bits per heavy atom. The van der Waals surface area contributed by atoms with Crippen molar-refractivity contribution >= 4 is 34.2 Å². The first-order chi connectivity index (χ1) is 9.54. The number of hydrogen-bond donors (Lipinski definition) is 3. The molecule has 0 aromatic carbocycles. The van der Waals surface area contributed by atoms with E-state index in [-0.39, 0.29) is 5.15 Å². The first-order valence-electron chi connectivity index (χ1n) is 5.83. The van der Waals surface area contributed by atoms with Gasteiger partial charge in [-0.2, -0.15) is 0 Å². The van der Waals surface area contributed by atoms with Crippen LogP contribution in [0.1, 0.15) is 6.23 Å². The summed E-state index contributed by atoms with van der Waals surface area (Å²) in [4.78, 5) is 7.90. The lowest BCUT2D eigenvalue weighted by molar-refractivity contribution is -0.0508. The second-order valence-electron chi connectivity index (χ2n) is 4.48. The molecule has 0 amide bonds. The van der Waals surface area contributed by atoms with Crippen LogP contribution in [0.25, 0.3) is 11.0 Å². The molecule has 9 heteroatoms. The molecule has 0 radical (unpaired) electrons. The Kier molecular flexibility index (Phi) is 3.57. The zero-order chi connectivity index (χ0) is 14.4. The molecule has 3 rings (SSSR count). The first kappa shape index (κ1) is 14.0. The smallest absolute Gasteiger partial charge is 0.164 e. The number of aliphatic hydroxyl groups is 3. The monoisotopic (exact) mass is 319 g/mol. The zero-order valence-electron chi connectivity index (χ0n) is 10.0. The molecule has 1 aliphatic rings. The minimum Gasteiger partial charge on any atom is -0.394 e. The van der Waals surface area contributed by atoms with Crippen LogP contribution in [-0.4, -0.2) is 54.8 Å². The largest absolute Gasteiger partial charge is 0.394 e. The van der Waals surface area contributed by atoms with Crippen LogP contribution in [0.4, 0.5) is 0 Å². The van der Waals surface area contributed by atoms with Gasteiger partial charge in [0.15, 0.2) is 6.23 Å². The van der Waals surface area contributed by atoms with Gasteiger partial charge < -0.3 is 24.6 Å². The van der Waals surface area contributed by atoms with E-state index in [0.717, 1.165) is 0 Å². The fourth-order valence-corrected chi connectivity index (χ4v) is 2.87. The van der Waals surface area contributed by atoms with Gasteiger partial charge in [-0.1, -0.05) is 23.2 Å². The van der Waals surface area contributed by atoms with E-state index in [1.165, 1.54) is 17.1 Å². The molecular formula is C11H11Cl2N3O4. The molecule has 7 nitrogen and oxygen atoms in total. The van der Waals surface area contributed by atoms with Crippen LogP contribution in [0.3, 0.4) is 0 Å². The van der Waals surface area contributed by atoms with Gasteiger partial charge in [-0.3, -0.25) is 0 Å². The highest BCUT2D eigenvalue weighted by molar-refractivity contribution is 6.41. The van der Waals surface area contributed by atoms with Gasteiger partial charge in [0.05, 0.1) is 17.0 Å². The summed E-state index contributed by atoms with van der Waals surface area (Å²) >= 11 is 12.0. The highest BCUT2D eigenvalue weighted by Crippen LogP contribution is 2.36. The molecule has 3 heterocycles. The predicted molar refractivity (Wildman–Crippen MR) is 70.6 cm³/mol. The Labute approximate surface area is 123 Å². The van der Waals surface area contributed by atoms with Gasteiger partial charge in [-0.05, 0) is 0 Å². The highest BCUT2D eigenvalue weighted by atomic mass is 35.5. The normalized spacial score (nSPS) is 30.2. The summed E-state index contributed by atoms with van der Waals surface area (Å²) in [6, 6.07) is 0. The maximum absolute atomic E-state index is 10.0. The van der Waals surface area contributed by atoms with E-state index in [1.807, 2.05) is 0 Å². The van der Waals surface area contributed by atoms with Crippen LogP contribution in [0, 0.1) is 0 Å². The van der Waals surface area contributed by atoms with Gasteiger partial charge in [0, 0.05) is 6.20 Å². The lowest BCUT2D eigenvalue weighted by atomic mass is 10.1. The standard InChI is InChI=1S/C11H11Cl2N3O4/c12-4-1-16(10-6(4)9(13)14-3-15-10)11-8(19)7(18)5(2-17)20-11/h1,3,5,7-8,11,17-19H,2H2/t5-,7-,8-,11-/m1/s1. The molecule has 2 aromatic heterocycles. The molecule has 0 unspecified atom stereocenters. The van der Waals surface area contributed by atoms with E-state index >= 15 is 0 Å². The summed E-state index contributed by atoms with van der Waals surface area (Å²) in [6.45, 7) is -0.405. The Balaban J connectivity index is 2.10. The molecule has 1 aliphatic heterocycles. The summed E-state index contributed by atoms with van der Waals surface area (Å²) in [7, 11) is 0. The second-order valence-corrected chi connectivity index (χ2v) is 5.24. The third-order valence-corrected chi connectivity index (χ3v) is 3.88. The van der Waals surface area contributed by atoms with Crippen LogP contribution < -0.4 is 0 Å². The maximum atomic E-state index is 10.0. The number of fused-ring (bicyclic) bond motifs is 1. The van der Waals surface area contributed by atoms with Crippen molar-refractivity contribution in [1.29, 1.82) is 0 Å². The van der Waals surface area contributed by atoms with Crippen molar-refractivity contribution in [3.05, 3.63) is 22.7 Å². The van der Waals surface area contributed by atoms with E-state index in [2.05, 4.69) is 9.97 Å². The molecule has 1 fully saturated rings. The molecule has 0 bridgehead atoms. The summed E-state index contributed by atoms with van der Waals surface area (Å²) in [5, 5.41) is 29.8. The number of nitrogens with zero attached hydrogens (tertiary/aromatic N) is 3. The Morgan fingerprint density at radius 3 is 2.65 bits per heavy atom. The van der Waals surface area contributed by atoms with Gasteiger partial charge >= 0.3 is 0 Å². The van der Waals surface area contributed by atoms with Crippen molar-refractivity contribution in [2.24, 2.45) is 0 Å². The van der Waals surface area contributed by atoms with Gasteiger partial charge in [0.2, 0.25) is 0 Å². The third kappa shape index (κ3) is 1.98. The lowest BCUT2D eigenvalue weighted by Gasteiger charge is -2.17. The van der Waals surface area contributed by atoms with Crippen molar-refractivity contribution in [3.63, 3.8) is 0 Å². The van der Waals surface area contributed by atoms with Crippen LogP contribution in [0.15, 0.2) is 12.5 Å². The maximum Gasteiger partial charge on any atom is 0.164 e. The predicted octanol–water partition coefficient (Wildman–Crippen LogP) is 0.350. The van der Waals surface area contributed by atoms with Gasteiger partial charge in [0.1, 0.15) is 35.4 Å². The van der Waals surface area contributed by atoms with Crippen molar-refractivity contribution in [1.82, 2.24) is 14.5 Å². The number of halogens is 2. The van der Waals surface area contributed by atoms with Crippen LogP contribution in [-0.2, 0) is 4.74 Å². The Morgan fingerprint density at radius 1 is 1.25 bits per heavy atom. The lowest BCUT2D eigenvalue weighted by Crippen LogP contribution is -2.33. The molecule has 1 saturated heterocycles. The van der Waals surface area contributed by atoms with Crippen LogP contribution in [0.5, 0.6) is 0 Å². The van der Waals surface area contributed by atoms with Gasteiger partial charge in [-0.25, -0.2) is 9.97 Å². The number of ether oxygens (including phenoxy) is 1. The van der Waals surface area contributed by atoms with E-state index in [0.29, 0.717) is 16.1 Å². The quantitative estimate of drug-likeness (QED) is 0.690. The van der Waals surface area contributed by atoms with Crippen molar-refractivity contribution in [2.75, 3.05) is 6.61 Å². The van der Waals surface area contributed by atoms with E-state index in [9.17, 15) is 10.2 Å². The van der Waals surface area contributed by atoms with E-state index < -0.39 is 31.1 Å². The Bertz CT molecular complexity index is 650. The topological polar surface area (TPSA) is 101 Å². The van der Waals surface area contributed by atoms with Crippen molar-refractivity contribution < 1.29 is 20.1 Å². The molecule has 0 aliphatic carbocycles. The average molecular weight is 320 g/mol.